The number of hydrogen-bond donors (Lipinski definition) is 0. The highest BCUT2D eigenvalue weighted by atomic mass is 16.5. The Morgan fingerprint density at radius 2 is 1.90 bits per heavy atom. The van der Waals surface area contributed by atoms with Gasteiger partial charge in [0.25, 0.3) is 0 Å². The molecule has 0 spiro atoms. The van der Waals surface area contributed by atoms with E-state index in [4.69, 9.17) is 4.74 Å². The first kappa shape index (κ1) is 12.9. The summed E-state index contributed by atoms with van der Waals surface area (Å²) in [5, 5.41) is 2.47. The largest absolute Gasteiger partial charge is 0.489 e. The molecule has 2 heterocycles. The highest BCUT2D eigenvalue weighted by Gasteiger charge is 2.24. The van der Waals surface area contributed by atoms with Crippen LogP contribution in [0.5, 0.6) is 0 Å². The third-order valence-corrected chi connectivity index (χ3v) is 3.56. The predicted molar refractivity (Wildman–Crippen MR) is 82.2 cm³/mol. The maximum absolute atomic E-state index is 5.80. The van der Waals surface area contributed by atoms with E-state index in [0.717, 1.165) is 11.3 Å². The lowest BCUT2D eigenvalue weighted by Crippen LogP contribution is -2.49. The quantitative estimate of drug-likeness (QED) is 0.715. The van der Waals surface area contributed by atoms with E-state index in [1.54, 1.807) is 0 Å². The van der Waals surface area contributed by atoms with Gasteiger partial charge in [-0.2, -0.15) is 4.57 Å². The van der Waals surface area contributed by atoms with Crippen molar-refractivity contribution < 1.29 is 9.30 Å². The Labute approximate surface area is 120 Å². The van der Waals surface area contributed by atoms with E-state index in [1.165, 1.54) is 10.8 Å². The Balaban J connectivity index is 2.28. The minimum absolute atomic E-state index is 0.0455. The van der Waals surface area contributed by atoms with Gasteiger partial charge in [0.15, 0.2) is 17.9 Å². The monoisotopic (exact) mass is 266 g/mol. The molecule has 20 heavy (non-hydrogen) atoms. The van der Waals surface area contributed by atoms with E-state index in [0.29, 0.717) is 6.61 Å². The molecule has 0 fully saturated rings. The number of pyridine rings is 1. The zero-order valence-electron chi connectivity index (χ0n) is 12.3. The number of benzene rings is 1. The van der Waals surface area contributed by atoms with Gasteiger partial charge in [-0.1, -0.05) is 24.3 Å². The van der Waals surface area contributed by atoms with Gasteiger partial charge in [0.05, 0.1) is 5.56 Å². The zero-order chi connectivity index (χ0) is 14.2. The number of ether oxygens (including phenoxy) is 1. The molecule has 3 rings (SSSR count). The predicted octanol–water partition coefficient (Wildman–Crippen LogP) is 3.81. The molecule has 0 amide bonds. The maximum atomic E-state index is 5.80. The van der Waals surface area contributed by atoms with Crippen molar-refractivity contribution in [3.63, 3.8) is 0 Å². The number of aromatic nitrogens is 1. The molecule has 0 unspecified atom stereocenters. The van der Waals surface area contributed by atoms with Crippen molar-refractivity contribution in [3.05, 3.63) is 60.5 Å². The molecular weight excluding hydrogens is 246 g/mol. The third-order valence-electron chi connectivity index (χ3n) is 3.56. The summed E-state index contributed by atoms with van der Waals surface area (Å²) < 4.78 is 8.06. The Morgan fingerprint density at radius 1 is 1.10 bits per heavy atom. The number of nitrogens with zero attached hydrogens (tertiary/aromatic N) is 1. The molecule has 0 saturated heterocycles. The van der Waals surface area contributed by atoms with Gasteiger partial charge in [0, 0.05) is 31.5 Å². The van der Waals surface area contributed by atoms with Crippen LogP contribution in [0.1, 0.15) is 26.3 Å². The summed E-state index contributed by atoms with van der Waals surface area (Å²) in [6.07, 6.45) is 10.5. The molecule has 2 aromatic rings. The molecule has 1 aromatic carbocycles. The van der Waals surface area contributed by atoms with Gasteiger partial charge in [0.1, 0.15) is 12.4 Å². The van der Waals surface area contributed by atoms with Crippen molar-refractivity contribution in [3.8, 4) is 0 Å². The van der Waals surface area contributed by atoms with E-state index < -0.39 is 0 Å². The Bertz CT molecular complexity index is 705. The average molecular weight is 266 g/mol. The van der Waals surface area contributed by atoms with Gasteiger partial charge in [-0.05, 0) is 18.2 Å². The first-order valence-electron chi connectivity index (χ1n) is 7.00. The number of hydrogen-bond acceptors (Lipinski definition) is 1. The Morgan fingerprint density at radius 3 is 2.60 bits per heavy atom. The van der Waals surface area contributed by atoms with Crippen molar-refractivity contribution in [2.75, 3.05) is 6.61 Å². The molecule has 0 atom stereocenters. The van der Waals surface area contributed by atoms with Crippen molar-refractivity contribution in [2.45, 2.75) is 26.3 Å². The second kappa shape index (κ2) is 4.78. The summed E-state index contributed by atoms with van der Waals surface area (Å²) >= 11 is 0. The minimum Gasteiger partial charge on any atom is -0.489 e. The van der Waals surface area contributed by atoms with Crippen LogP contribution in [0.15, 0.2) is 54.9 Å². The van der Waals surface area contributed by atoms with Crippen LogP contribution in [-0.2, 0) is 10.3 Å². The molecule has 0 radical (unpaired) electrons. The fourth-order valence-electron chi connectivity index (χ4n) is 2.40. The summed E-state index contributed by atoms with van der Waals surface area (Å²) in [6, 6.07) is 8.46. The van der Waals surface area contributed by atoms with E-state index in [1.807, 2.05) is 12.2 Å². The summed E-state index contributed by atoms with van der Waals surface area (Å²) in [6.45, 7) is 7.27. The van der Waals surface area contributed by atoms with E-state index in [-0.39, 0.29) is 5.54 Å². The first-order valence-corrected chi connectivity index (χ1v) is 7.00. The topological polar surface area (TPSA) is 13.1 Å². The van der Waals surface area contributed by atoms with Crippen LogP contribution in [0.4, 0.5) is 0 Å². The molecule has 1 aromatic heterocycles. The van der Waals surface area contributed by atoms with E-state index in [9.17, 15) is 0 Å². The zero-order valence-corrected chi connectivity index (χ0v) is 12.3. The van der Waals surface area contributed by atoms with E-state index in [2.05, 4.69) is 68.1 Å². The van der Waals surface area contributed by atoms with Crippen LogP contribution >= 0.6 is 0 Å². The second-order valence-electron chi connectivity index (χ2n) is 6.11. The van der Waals surface area contributed by atoms with Crippen molar-refractivity contribution in [2.24, 2.45) is 0 Å². The van der Waals surface area contributed by atoms with Gasteiger partial charge < -0.3 is 4.74 Å². The van der Waals surface area contributed by atoms with Gasteiger partial charge in [-0.15, -0.1) is 0 Å². The first-order chi connectivity index (χ1) is 9.55. The van der Waals surface area contributed by atoms with Gasteiger partial charge in [0.2, 0.25) is 0 Å². The lowest BCUT2D eigenvalue weighted by Gasteiger charge is -2.17. The van der Waals surface area contributed by atoms with Gasteiger partial charge >= 0.3 is 0 Å². The SMILES string of the molecule is CC(C)(C)[n+]1cc(C2=CC=CCO2)c2ccccc2c1. The van der Waals surface area contributed by atoms with Gasteiger partial charge in [-0.3, -0.25) is 0 Å². The number of rotatable bonds is 1. The molecular formula is C18H20NO+. The van der Waals surface area contributed by atoms with Crippen LogP contribution in [0.3, 0.4) is 0 Å². The third kappa shape index (κ3) is 2.34. The standard InChI is InChI=1S/C18H20NO/c1-18(2,3)19-12-14-8-4-5-9-15(14)16(13-19)17-10-6-7-11-20-17/h4-10,12-13H,11H2,1-3H3/q+1. The van der Waals surface area contributed by atoms with Crippen LogP contribution in [-0.4, -0.2) is 6.61 Å². The van der Waals surface area contributed by atoms with Crippen LogP contribution in [0.25, 0.3) is 16.5 Å². The normalized spacial score (nSPS) is 15.1. The molecule has 0 bridgehead atoms. The van der Waals surface area contributed by atoms with Crippen LogP contribution in [0.2, 0.25) is 0 Å². The molecule has 1 aliphatic heterocycles. The highest BCUT2D eigenvalue weighted by molar-refractivity contribution is 5.91. The van der Waals surface area contributed by atoms with Crippen LogP contribution < -0.4 is 4.57 Å². The van der Waals surface area contributed by atoms with Gasteiger partial charge in [-0.25, -0.2) is 0 Å². The fourth-order valence-corrected chi connectivity index (χ4v) is 2.40. The molecule has 2 heteroatoms. The van der Waals surface area contributed by atoms with Crippen molar-refractivity contribution in [1.82, 2.24) is 0 Å². The molecule has 2 nitrogen and oxygen atoms in total. The minimum atomic E-state index is 0.0455. The molecule has 0 aliphatic carbocycles. The molecule has 0 N–H and O–H groups in total. The Kier molecular flexibility index (Phi) is 3.09. The number of fused-ring (bicyclic) bond motifs is 1. The lowest BCUT2D eigenvalue weighted by molar-refractivity contribution is -0.753. The maximum Gasteiger partial charge on any atom is 0.180 e. The van der Waals surface area contributed by atoms with Crippen molar-refractivity contribution in [1.29, 1.82) is 0 Å². The summed E-state index contributed by atoms with van der Waals surface area (Å²) in [5.41, 5.74) is 1.20. The second-order valence-corrected chi connectivity index (χ2v) is 6.11. The lowest BCUT2D eigenvalue weighted by atomic mass is 10.0. The van der Waals surface area contributed by atoms with E-state index >= 15 is 0 Å². The smallest absolute Gasteiger partial charge is 0.180 e. The summed E-state index contributed by atoms with van der Waals surface area (Å²) in [4.78, 5) is 0. The average Bonchev–Trinajstić information content (AvgIpc) is 2.46. The fraction of sp³-hybridized carbons (Fsp3) is 0.278. The molecule has 1 aliphatic rings. The molecule has 102 valence electrons. The number of allylic oxidation sites excluding steroid dienone is 2. The van der Waals surface area contributed by atoms with Crippen LogP contribution in [0, 0.1) is 0 Å². The highest BCUT2D eigenvalue weighted by Crippen LogP contribution is 2.26. The summed E-state index contributed by atoms with van der Waals surface area (Å²) in [7, 11) is 0. The summed E-state index contributed by atoms with van der Waals surface area (Å²) in [5.74, 6) is 0.947. The Hall–Kier alpha value is -2.09. The molecule has 0 saturated carbocycles. The van der Waals surface area contributed by atoms with Crippen molar-refractivity contribution >= 4 is 16.5 Å².